The molecule has 3 N–H and O–H groups in total. The molecular weight excluding hydrogens is 150 g/mol. The van der Waals surface area contributed by atoms with Gasteiger partial charge in [0.25, 0.3) is 0 Å². The number of nitrogens with zero attached hydrogens (tertiary/aromatic N) is 1. The summed E-state index contributed by atoms with van der Waals surface area (Å²) in [4.78, 5) is 7.55. The smallest absolute Gasteiger partial charge is 0.103 e. The Kier molecular flexibility index (Phi) is 3.29. The average molecular weight is 167 g/mol. The van der Waals surface area contributed by atoms with Gasteiger partial charge in [0.15, 0.2) is 0 Å². The molecule has 0 aliphatic rings. The fourth-order valence-electron chi connectivity index (χ4n) is 1.31. The third kappa shape index (κ3) is 2.08. The molecule has 0 unspecified atom stereocenters. The Morgan fingerprint density at radius 2 is 2.25 bits per heavy atom. The van der Waals surface area contributed by atoms with Crippen molar-refractivity contribution < 1.29 is 0 Å². The maximum atomic E-state index is 5.56. The first-order valence-corrected chi connectivity index (χ1v) is 4.52. The van der Waals surface area contributed by atoms with Gasteiger partial charge in [-0.3, -0.25) is 0 Å². The fraction of sp³-hybridized carbons (Fsp3) is 0.667. The van der Waals surface area contributed by atoms with E-state index in [4.69, 9.17) is 5.73 Å². The van der Waals surface area contributed by atoms with Gasteiger partial charge in [0.2, 0.25) is 0 Å². The summed E-state index contributed by atoms with van der Waals surface area (Å²) < 4.78 is 0. The van der Waals surface area contributed by atoms with Crippen LogP contribution in [0.1, 0.15) is 37.0 Å². The number of H-pyrrole nitrogens is 1. The van der Waals surface area contributed by atoms with Crippen molar-refractivity contribution in [2.45, 2.75) is 39.7 Å². The molecule has 0 radical (unpaired) electrons. The second-order valence-corrected chi connectivity index (χ2v) is 3.06. The van der Waals surface area contributed by atoms with Gasteiger partial charge in [0.05, 0.1) is 11.4 Å². The van der Waals surface area contributed by atoms with Crippen LogP contribution in [0.15, 0.2) is 0 Å². The SMILES string of the molecule is CCCCc1nc(C)[nH]c1CN. The van der Waals surface area contributed by atoms with Crippen LogP contribution in [0.25, 0.3) is 0 Å². The maximum Gasteiger partial charge on any atom is 0.103 e. The van der Waals surface area contributed by atoms with Gasteiger partial charge in [0.1, 0.15) is 5.82 Å². The number of rotatable bonds is 4. The maximum absolute atomic E-state index is 5.56. The third-order valence-corrected chi connectivity index (χ3v) is 1.95. The Morgan fingerprint density at radius 3 is 2.83 bits per heavy atom. The molecule has 0 fully saturated rings. The first kappa shape index (κ1) is 9.26. The molecule has 0 aromatic carbocycles. The molecule has 12 heavy (non-hydrogen) atoms. The van der Waals surface area contributed by atoms with Crippen LogP contribution < -0.4 is 5.73 Å². The Morgan fingerprint density at radius 1 is 1.50 bits per heavy atom. The average Bonchev–Trinajstić information content (AvgIpc) is 2.42. The van der Waals surface area contributed by atoms with E-state index in [1.165, 1.54) is 12.8 Å². The van der Waals surface area contributed by atoms with Crippen LogP contribution in [0.2, 0.25) is 0 Å². The topological polar surface area (TPSA) is 54.7 Å². The lowest BCUT2D eigenvalue weighted by molar-refractivity contribution is 0.769. The van der Waals surface area contributed by atoms with Crippen molar-refractivity contribution >= 4 is 0 Å². The van der Waals surface area contributed by atoms with Crippen LogP contribution in [-0.2, 0) is 13.0 Å². The molecule has 3 nitrogen and oxygen atoms in total. The standard InChI is InChI=1S/C9H17N3/c1-3-4-5-8-9(6-10)12-7(2)11-8/h3-6,10H2,1-2H3,(H,11,12). The molecule has 0 aliphatic carbocycles. The molecule has 0 aliphatic heterocycles. The van der Waals surface area contributed by atoms with Crippen molar-refractivity contribution in [3.8, 4) is 0 Å². The van der Waals surface area contributed by atoms with Crippen LogP contribution in [0, 0.1) is 6.92 Å². The van der Waals surface area contributed by atoms with Gasteiger partial charge in [-0.1, -0.05) is 13.3 Å². The van der Waals surface area contributed by atoms with Crippen molar-refractivity contribution in [2.75, 3.05) is 0 Å². The summed E-state index contributed by atoms with van der Waals surface area (Å²) in [5, 5.41) is 0. The molecule has 68 valence electrons. The van der Waals surface area contributed by atoms with E-state index in [2.05, 4.69) is 16.9 Å². The fourth-order valence-corrected chi connectivity index (χ4v) is 1.31. The highest BCUT2D eigenvalue weighted by Gasteiger charge is 2.04. The molecule has 1 rings (SSSR count). The second kappa shape index (κ2) is 4.26. The summed E-state index contributed by atoms with van der Waals surface area (Å²) in [7, 11) is 0. The molecule has 0 saturated heterocycles. The summed E-state index contributed by atoms with van der Waals surface area (Å²) in [6.07, 6.45) is 3.45. The number of imidazole rings is 1. The Labute approximate surface area is 73.4 Å². The molecule has 1 aromatic rings. The van der Waals surface area contributed by atoms with Crippen molar-refractivity contribution in [3.63, 3.8) is 0 Å². The van der Waals surface area contributed by atoms with Crippen LogP contribution in [-0.4, -0.2) is 9.97 Å². The van der Waals surface area contributed by atoms with E-state index in [1.54, 1.807) is 0 Å². The number of hydrogen-bond donors (Lipinski definition) is 2. The first-order chi connectivity index (χ1) is 5.77. The number of aromatic amines is 1. The molecule has 0 saturated carbocycles. The van der Waals surface area contributed by atoms with Gasteiger partial charge in [-0.2, -0.15) is 0 Å². The van der Waals surface area contributed by atoms with Crippen molar-refractivity contribution in [3.05, 3.63) is 17.2 Å². The third-order valence-electron chi connectivity index (χ3n) is 1.95. The predicted molar refractivity (Wildman–Crippen MR) is 49.8 cm³/mol. The molecule has 3 heteroatoms. The molecule has 1 heterocycles. The largest absolute Gasteiger partial charge is 0.345 e. The zero-order valence-corrected chi connectivity index (χ0v) is 7.85. The van der Waals surface area contributed by atoms with Crippen molar-refractivity contribution in [1.29, 1.82) is 0 Å². The van der Waals surface area contributed by atoms with Gasteiger partial charge >= 0.3 is 0 Å². The zero-order chi connectivity index (χ0) is 8.97. The number of nitrogens with two attached hydrogens (primary N) is 1. The van der Waals surface area contributed by atoms with E-state index in [0.717, 1.165) is 23.6 Å². The minimum atomic E-state index is 0.569. The highest BCUT2D eigenvalue weighted by molar-refractivity contribution is 5.14. The number of aromatic nitrogens is 2. The molecule has 0 bridgehead atoms. The van der Waals surface area contributed by atoms with Crippen LogP contribution >= 0.6 is 0 Å². The number of nitrogens with one attached hydrogen (secondary N) is 1. The lowest BCUT2D eigenvalue weighted by Crippen LogP contribution is -2.01. The van der Waals surface area contributed by atoms with Gasteiger partial charge < -0.3 is 10.7 Å². The van der Waals surface area contributed by atoms with Gasteiger partial charge in [-0.25, -0.2) is 4.98 Å². The summed E-state index contributed by atoms with van der Waals surface area (Å²) in [5.41, 5.74) is 7.81. The summed E-state index contributed by atoms with van der Waals surface area (Å²) in [6, 6.07) is 0. The van der Waals surface area contributed by atoms with E-state index in [9.17, 15) is 0 Å². The lowest BCUT2D eigenvalue weighted by atomic mass is 10.2. The zero-order valence-electron chi connectivity index (χ0n) is 7.85. The van der Waals surface area contributed by atoms with Crippen LogP contribution in [0.3, 0.4) is 0 Å². The van der Waals surface area contributed by atoms with Crippen molar-refractivity contribution in [2.24, 2.45) is 5.73 Å². The Balaban J connectivity index is 2.68. The van der Waals surface area contributed by atoms with E-state index in [0.29, 0.717) is 6.54 Å². The Hall–Kier alpha value is -0.830. The van der Waals surface area contributed by atoms with E-state index in [-0.39, 0.29) is 0 Å². The predicted octanol–water partition coefficient (Wildman–Crippen LogP) is 1.52. The number of unbranched alkanes of at least 4 members (excludes halogenated alkanes) is 1. The minimum absolute atomic E-state index is 0.569. The Bertz CT molecular complexity index is 240. The van der Waals surface area contributed by atoms with E-state index < -0.39 is 0 Å². The molecule has 0 atom stereocenters. The second-order valence-electron chi connectivity index (χ2n) is 3.06. The van der Waals surface area contributed by atoms with Gasteiger partial charge in [-0.05, 0) is 19.8 Å². The van der Waals surface area contributed by atoms with Crippen molar-refractivity contribution in [1.82, 2.24) is 9.97 Å². The van der Waals surface area contributed by atoms with Crippen LogP contribution in [0.4, 0.5) is 0 Å². The molecule has 1 aromatic heterocycles. The molecule has 0 spiro atoms. The van der Waals surface area contributed by atoms with E-state index in [1.807, 2.05) is 6.92 Å². The van der Waals surface area contributed by atoms with Crippen LogP contribution in [0.5, 0.6) is 0 Å². The quantitative estimate of drug-likeness (QED) is 0.714. The van der Waals surface area contributed by atoms with E-state index >= 15 is 0 Å². The lowest BCUT2D eigenvalue weighted by Gasteiger charge is -1.96. The van der Waals surface area contributed by atoms with Gasteiger partial charge in [-0.15, -0.1) is 0 Å². The number of aryl methyl sites for hydroxylation is 2. The summed E-state index contributed by atoms with van der Waals surface area (Å²) in [5.74, 6) is 0.974. The minimum Gasteiger partial charge on any atom is -0.345 e. The number of hydrogen-bond acceptors (Lipinski definition) is 2. The monoisotopic (exact) mass is 167 g/mol. The highest BCUT2D eigenvalue weighted by atomic mass is 14.9. The molecular formula is C9H17N3. The summed E-state index contributed by atoms with van der Waals surface area (Å²) in [6.45, 7) is 4.72. The highest BCUT2D eigenvalue weighted by Crippen LogP contribution is 2.08. The molecule has 0 amide bonds. The first-order valence-electron chi connectivity index (χ1n) is 4.52. The summed E-state index contributed by atoms with van der Waals surface area (Å²) >= 11 is 0. The normalized spacial score (nSPS) is 10.6. The van der Waals surface area contributed by atoms with Gasteiger partial charge in [0, 0.05) is 6.54 Å².